The molecule has 2 N–H and O–H groups in total. The van der Waals surface area contributed by atoms with Gasteiger partial charge in [-0.05, 0) is 43.3 Å². The molecule has 0 aliphatic rings. The number of hydrogen-bond donors (Lipinski definition) is 2. The van der Waals surface area contributed by atoms with Crippen LogP contribution in [0.15, 0.2) is 64.4 Å². The number of aromatic nitrogens is 2. The van der Waals surface area contributed by atoms with Gasteiger partial charge in [-0.1, -0.05) is 18.2 Å². The van der Waals surface area contributed by atoms with Gasteiger partial charge in [0.25, 0.3) is 5.56 Å². The van der Waals surface area contributed by atoms with Crippen LogP contribution in [0.25, 0.3) is 5.69 Å². The van der Waals surface area contributed by atoms with Crippen LogP contribution in [0.2, 0.25) is 0 Å². The lowest BCUT2D eigenvalue weighted by molar-refractivity contribution is 0.415. The average molecular weight is 323 g/mol. The summed E-state index contributed by atoms with van der Waals surface area (Å²) in [5.41, 5.74) is 1.50. The molecule has 24 heavy (non-hydrogen) atoms. The third-order valence-electron chi connectivity index (χ3n) is 3.62. The van der Waals surface area contributed by atoms with Crippen molar-refractivity contribution in [2.75, 3.05) is 7.11 Å². The number of methoxy groups -OCH3 is 1. The van der Waals surface area contributed by atoms with E-state index in [4.69, 9.17) is 4.74 Å². The van der Waals surface area contributed by atoms with Gasteiger partial charge in [-0.3, -0.25) is 14.9 Å². The first-order valence-electron chi connectivity index (χ1n) is 7.39. The van der Waals surface area contributed by atoms with Crippen molar-refractivity contribution in [2.45, 2.75) is 6.92 Å². The molecule has 2 aromatic carbocycles. The first-order chi connectivity index (χ1) is 11.6. The zero-order valence-corrected chi connectivity index (χ0v) is 13.4. The van der Waals surface area contributed by atoms with Crippen LogP contribution in [-0.2, 0) is 0 Å². The molecule has 0 bridgehead atoms. The molecule has 6 nitrogen and oxygen atoms in total. The monoisotopic (exact) mass is 323 g/mol. The molecule has 3 rings (SSSR count). The van der Waals surface area contributed by atoms with Gasteiger partial charge in [-0.2, -0.15) is 0 Å². The van der Waals surface area contributed by atoms with E-state index in [0.29, 0.717) is 17.1 Å². The molecule has 122 valence electrons. The third kappa shape index (κ3) is 2.94. The summed E-state index contributed by atoms with van der Waals surface area (Å²) in [6.45, 7) is 1.68. The molecule has 1 heterocycles. The highest BCUT2D eigenvalue weighted by molar-refractivity contribution is 6.01. The number of para-hydroxylation sites is 1. The number of rotatable bonds is 4. The molecule has 0 aliphatic heterocycles. The Kier molecular flexibility index (Phi) is 4.20. The van der Waals surface area contributed by atoms with Gasteiger partial charge in [0, 0.05) is 0 Å². The van der Waals surface area contributed by atoms with E-state index in [1.165, 1.54) is 4.68 Å². The maximum Gasteiger partial charge on any atom is 0.277 e. The van der Waals surface area contributed by atoms with Crippen LogP contribution >= 0.6 is 0 Å². The SMILES string of the molecule is COc1ccc(N=C(C)c2c(O)n(-c3ccccc3)[nH]c2=O)cc1. The maximum atomic E-state index is 12.2. The zero-order valence-electron chi connectivity index (χ0n) is 13.4. The van der Waals surface area contributed by atoms with Crippen LogP contribution in [0.1, 0.15) is 12.5 Å². The Balaban J connectivity index is 2.01. The molecule has 3 aromatic rings. The van der Waals surface area contributed by atoms with Crippen molar-refractivity contribution in [3.05, 3.63) is 70.5 Å². The number of nitrogens with zero attached hydrogens (tertiary/aromatic N) is 2. The largest absolute Gasteiger partial charge is 0.497 e. The summed E-state index contributed by atoms with van der Waals surface area (Å²) in [5, 5.41) is 13.0. The Morgan fingerprint density at radius 2 is 1.79 bits per heavy atom. The minimum absolute atomic E-state index is 0.148. The summed E-state index contributed by atoms with van der Waals surface area (Å²) in [4.78, 5) is 16.6. The molecule has 0 radical (unpaired) electrons. The van der Waals surface area contributed by atoms with Crippen LogP contribution < -0.4 is 10.3 Å². The molecule has 0 aliphatic carbocycles. The number of aromatic amines is 1. The van der Waals surface area contributed by atoms with E-state index in [-0.39, 0.29) is 11.4 Å². The molecule has 0 spiro atoms. The van der Waals surface area contributed by atoms with Crippen molar-refractivity contribution in [1.29, 1.82) is 0 Å². The lowest BCUT2D eigenvalue weighted by Crippen LogP contribution is -2.10. The van der Waals surface area contributed by atoms with Gasteiger partial charge in [0.05, 0.1) is 24.2 Å². The Labute approximate surface area is 138 Å². The molecule has 0 saturated heterocycles. The third-order valence-corrected chi connectivity index (χ3v) is 3.62. The number of benzene rings is 2. The quantitative estimate of drug-likeness (QED) is 0.724. The van der Waals surface area contributed by atoms with Gasteiger partial charge in [0.1, 0.15) is 11.3 Å². The molecular weight excluding hydrogens is 306 g/mol. The Morgan fingerprint density at radius 3 is 2.42 bits per heavy atom. The first kappa shape index (κ1) is 15.6. The minimum Gasteiger partial charge on any atom is -0.497 e. The second-order valence-electron chi connectivity index (χ2n) is 5.21. The molecule has 1 aromatic heterocycles. The molecule has 0 amide bonds. The van der Waals surface area contributed by atoms with E-state index in [0.717, 1.165) is 5.75 Å². The summed E-state index contributed by atoms with van der Waals surface area (Å²) >= 11 is 0. The molecule has 0 fully saturated rings. The van der Waals surface area contributed by atoms with E-state index < -0.39 is 5.56 Å². The standard InChI is InChI=1S/C18H17N3O3/c1-12(19-13-8-10-15(24-2)11-9-13)16-17(22)20-21(18(16)23)14-6-4-3-5-7-14/h3-11,23H,1-2H3,(H,20,22). The number of hydrogen-bond acceptors (Lipinski definition) is 4. The summed E-state index contributed by atoms with van der Waals surface area (Å²) in [7, 11) is 1.59. The van der Waals surface area contributed by atoms with Crippen molar-refractivity contribution < 1.29 is 9.84 Å². The number of nitrogens with one attached hydrogen (secondary N) is 1. The van der Waals surface area contributed by atoms with Gasteiger partial charge < -0.3 is 9.84 Å². The Bertz CT molecular complexity index is 922. The van der Waals surface area contributed by atoms with Crippen LogP contribution in [0.5, 0.6) is 11.6 Å². The summed E-state index contributed by atoms with van der Waals surface area (Å²) < 4.78 is 6.44. The van der Waals surface area contributed by atoms with E-state index in [1.54, 1.807) is 50.4 Å². The minimum atomic E-state index is -0.397. The summed E-state index contributed by atoms with van der Waals surface area (Å²) in [6, 6.07) is 16.2. The smallest absolute Gasteiger partial charge is 0.277 e. The second-order valence-corrected chi connectivity index (χ2v) is 5.21. The highest BCUT2D eigenvalue weighted by Crippen LogP contribution is 2.22. The second kappa shape index (κ2) is 6.45. The lowest BCUT2D eigenvalue weighted by atomic mass is 10.2. The van der Waals surface area contributed by atoms with E-state index in [2.05, 4.69) is 10.1 Å². The highest BCUT2D eigenvalue weighted by Gasteiger charge is 2.17. The fourth-order valence-electron chi connectivity index (χ4n) is 2.42. The van der Waals surface area contributed by atoms with Crippen LogP contribution in [-0.4, -0.2) is 27.7 Å². The fourth-order valence-corrected chi connectivity index (χ4v) is 2.42. The first-order valence-corrected chi connectivity index (χ1v) is 7.39. The van der Waals surface area contributed by atoms with Gasteiger partial charge in [0.2, 0.25) is 5.88 Å². The maximum absolute atomic E-state index is 12.2. The van der Waals surface area contributed by atoms with Gasteiger partial charge in [-0.25, -0.2) is 4.68 Å². The van der Waals surface area contributed by atoms with Gasteiger partial charge in [0.15, 0.2) is 0 Å². The van der Waals surface area contributed by atoms with Crippen LogP contribution in [0.4, 0.5) is 5.69 Å². The van der Waals surface area contributed by atoms with E-state index in [1.807, 2.05) is 18.2 Å². The predicted molar refractivity (Wildman–Crippen MR) is 92.9 cm³/mol. The van der Waals surface area contributed by atoms with Gasteiger partial charge in [-0.15, -0.1) is 0 Å². The van der Waals surface area contributed by atoms with E-state index >= 15 is 0 Å². The predicted octanol–water partition coefficient (Wildman–Crippen LogP) is 3.02. The molecule has 0 saturated carbocycles. The highest BCUT2D eigenvalue weighted by atomic mass is 16.5. The Hall–Kier alpha value is -3.28. The number of ether oxygens (including phenoxy) is 1. The molecule has 0 unspecified atom stereocenters. The molecular formula is C18H17N3O3. The van der Waals surface area contributed by atoms with E-state index in [9.17, 15) is 9.90 Å². The average Bonchev–Trinajstić information content (AvgIpc) is 2.91. The summed E-state index contributed by atoms with van der Waals surface area (Å²) in [5.74, 6) is 0.559. The number of aliphatic imine (C=N–C) groups is 1. The topological polar surface area (TPSA) is 79.6 Å². The van der Waals surface area contributed by atoms with Crippen molar-refractivity contribution in [1.82, 2.24) is 9.78 Å². The van der Waals surface area contributed by atoms with Crippen LogP contribution in [0, 0.1) is 0 Å². The fraction of sp³-hybridized carbons (Fsp3) is 0.111. The van der Waals surface area contributed by atoms with Crippen molar-refractivity contribution in [2.24, 2.45) is 4.99 Å². The number of aromatic hydroxyl groups is 1. The molecule has 0 atom stereocenters. The molecule has 6 heteroatoms. The Morgan fingerprint density at radius 1 is 1.12 bits per heavy atom. The van der Waals surface area contributed by atoms with Crippen molar-refractivity contribution in [3.8, 4) is 17.3 Å². The van der Waals surface area contributed by atoms with Crippen molar-refractivity contribution >= 4 is 11.4 Å². The normalized spacial score (nSPS) is 11.5. The number of H-pyrrole nitrogens is 1. The van der Waals surface area contributed by atoms with Gasteiger partial charge >= 0.3 is 0 Å². The summed E-state index contributed by atoms with van der Waals surface area (Å²) in [6.07, 6.45) is 0. The lowest BCUT2D eigenvalue weighted by Gasteiger charge is -2.04. The van der Waals surface area contributed by atoms with Crippen molar-refractivity contribution in [3.63, 3.8) is 0 Å². The zero-order chi connectivity index (χ0) is 17.1. The van der Waals surface area contributed by atoms with Crippen LogP contribution in [0.3, 0.4) is 0 Å².